The summed E-state index contributed by atoms with van der Waals surface area (Å²) in [5, 5.41) is 5.18. The first-order chi connectivity index (χ1) is 6.68. The molecule has 2 heteroatoms. The summed E-state index contributed by atoms with van der Waals surface area (Å²) in [7, 11) is 0. The highest BCUT2D eigenvalue weighted by molar-refractivity contribution is 5.83. The second-order valence-electron chi connectivity index (χ2n) is 4.22. The zero-order valence-corrected chi connectivity index (χ0v) is 8.87. The van der Waals surface area contributed by atoms with Gasteiger partial charge in [-0.2, -0.15) is 0 Å². The lowest BCUT2D eigenvalue weighted by Gasteiger charge is -2.06. The molecule has 0 N–H and O–H groups in total. The van der Waals surface area contributed by atoms with Crippen molar-refractivity contribution in [1.82, 2.24) is 5.16 Å². The molecule has 0 amide bonds. The summed E-state index contributed by atoms with van der Waals surface area (Å²) in [5.41, 5.74) is 3.52. The summed E-state index contributed by atoms with van der Waals surface area (Å²) in [4.78, 5) is 0. The van der Waals surface area contributed by atoms with Crippen molar-refractivity contribution in [3.8, 4) is 0 Å². The molecule has 1 aromatic carbocycles. The van der Waals surface area contributed by atoms with Crippen LogP contribution in [0.25, 0.3) is 10.9 Å². The third-order valence-corrected chi connectivity index (χ3v) is 2.45. The average molecular weight is 189 g/mol. The van der Waals surface area contributed by atoms with Crippen molar-refractivity contribution in [2.75, 3.05) is 0 Å². The molecule has 0 saturated carbocycles. The SMILES string of the molecule is Cc1ccc(CC(C)C)c2conc12. The molecule has 0 fully saturated rings. The standard InChI is InChI=1S/C12H15NO/c1-8(2)6-10-5-4-9(3)12-11(10)7-14-13-12/h4-5,7-8H,6H2,1-3H3. The highest BCUT2D eigenvalue weighted by Crippen LogP contribution is 2.23. The fourth-order valence-corrected chi connectivity index (χ4v) is 1.76. The molecule has 2 nitrogen and oxygen atoms in total. The van der Waals surface area contributed by atoms with Gasteiger partial charge in [0.25, 0.3) is 0 Å². The first kappa shape index (κ1) is 9.25. The molecule has 0 bridgehead atoms. The van der Waals surface area contributed by atoms with Crippen LogP contribution >= 0.6 is 0 Å². The predicted octanol–water partition coefficient (Wildman–Crippen LogP) is 3.33. The summed E-state index contributed by atoms with van der Waals surface area (Å²) in [6, 6.07) is 4.29. The van der Waals surface area contributed by atoms with Crippen LogP contribution < -0.4 is 0 Å². The van der Waals surface area contributed by atoms with Crippen LogP contribution in [0.15, 0.2) is 22.9 Å². The van der Waals surface area contributed by atoms with E-state index in [0.717, 1.165) is 11.9 Å². The lowest BCUT2D eigenvalue weighted by atomic mass is 9.98. The summed E-state index contributed by atoms with van der Waals surface area (Å²) < 4.78 is 5.02. The Balaban J connectivity index is 2.55. The zero-order valence-electron chi connectivity index (χ0n) is 8.87. The number of hydrogen-bond donors (Lipinski definition) is 0. The van der Waals surface area contributed by atoms with Gasteiger partial charge in [-0.25, -0.2) is 0 Å². The van der Waals surface area contributed by atoms with Crippen molar-refractivity contribution in [3.05, 3.63) is 29.5 Å². The summed E-state index contributed by atoms with van der Waals surface area (Å²) in [5.74, 6) is 0.663. The molecular weight excluding hydrogens is 174 g/mol. The number of nitrogens with zero attached hydrogens (tertiary/aromatic N) is 1. The Morgan fingerprint density at radius 2 is 2.14 bits per heavy atom. The number of benzene rings is 1. The Bertz CT molecular complexity index is 443. The molecule has 1 aromatic heterocycles. The number of rotatable bonds is 2. The molecule has 2 rings (SSSR count). The smallest absolute Gasteiger partial charge is 0.131 e. The fourth-order valence-electron chi connectivity index (χ4n) is 1.76. The molecule has 14 heavy (non-hydrogen) atoms. The molecule has 1 heterocycles. The van der Waals surface area contributed by atoms with Gasteiger partial charge in [0.15, 0.2) is 0 Å². The molecule has 0 aliphatic heterocycles. The van der Waals surface area contributed by atoms with Gasteiger partial charge >= 0.3 is 0 Å². The van der Waals surface area contributed by atoms with Gasteiger partial charge in [-0.3, -0.25) is 0 Å². The number of hydrogen-bond acceptors (Lipinski definition) is 2. The predicted molar refractivity (Wildman–Crippen MR) is 57.3 cm³/mol. The third-order valence-electron chi connectivity index (χ3n) is 2.45. The van der Waals surface area contributed by atoms with E-state index in [0.29, 0.717) is 5.92 Å². The molecule has 74 valence electrons. The van der Waals surface area contributed by atoms with Crippen LogP contribution in [-0.2, 0) is 6.42 Å². The minimum atomic E-state index is 0.663. The van der Waals surface area contributed by atoms with Gasteiger partial charge in [0.2, 0.25) is 0 Å². The highest BCUT2D eigenvalue weighted by atomic mass is 16.5. The van der Waals surface area contributed by atoms with E-state index < -0.39 is 0 Å². The number of aromatic nitrogens is 1. The first-order valence-electron chi connectivity index (χ1n) is 5.01. The van der Waals surface area contributed by atoms with Gasteiger partial charge < -0.3 is 4.52 Å². The first-order valence-corrected chi connectivity index (χ1v) is 5.01. The minimum Gasteiger partial charge on any atom is -0.363 e. The van der Waals surface area contributed by atoms with E-state index >= 15 is 0 Å². The zero-order chi connectivity index (χ0) is 10.1. The van der Waals surface area contributed by atoms with E-state index in [-0.39, 0.29) is 0 Å². The maximum atomic E-state index is 5.02. The average Bonchev–Trinajstić information content (AvgIpc) is 2.58. The van der Waals surface area contributed by atoms with Crippen LogP contribution in [0.4, 0.5) is 0 Å². The van der Waals surface area contributed by atoms with E-state index in [2.05, 4.69) is 38.1 Å². The number of aryl methyl sites for hydroxylation is 1. The Kier molecular flexibility index (Phi) is 2.28. The van der Waals surface area contributed by atoms with Crippen molar-refractivity contribution < 1.29 is 4.52 Å². The van der Waals surface area contributed by atoms with E-state index in [4.69, 9.17) is 4.52 Å². The van der Waals surface area contributed by atoms with Gasteiger partial charge in [0, 0.05) is 5.39 Å². The Morgan fingerprint density at radius 3 is 2.86 bits per heavy atom. The van der Waals surface area contributed by atoms with E-state index in [1.54, 1.807) is 6.26 Å². The van der Waals surface area contributed by atoms with Crippen LogP contribution in [-0.4, -0.2) is 5.16 Å². The van der Waals surface area contributed by atoms with Gasteiger partial charge in [0.05, 0.1) is 0 Å². The monoisotopic (exact) mass is 189 g/mol. The second-order valence-corrected chi connectivity index (χ2v) is 4.22. The summed E-state index contributed by atoms with van der Waals surface area (Å²) >= 11 is 0. The third kappa shape index (κ3) is 1.52. The van der Waals surface area contributed by atoms with E-state index in [1.807, 2.05) is 0 Å². The van der Waals surface area contributed by atoms with Crippen molar-refractivity contribution in [2.24, 2.45) is 5.92 Å². The number of fused-ring (bicyclic) bond motifs is 1. The van der Waals surface area contributed by atoms with Crippen LogP contribution in [0.5, 0.6) is 0 Å². The van der Waals surface area contributed by atoms with E-state index in [1.165, 1.54) is 16.5 Å². The normalized spacial score (nSPS) is 11.4. The summed E-state index contributed by atoms with van der Waals surface area (Å²) in [6.07, 6.45) is 2.83. The largest absolute Gasteiger partial charge is 0.363 e. The summed E-state index contributed by atoms with van der Waals surface area (Å²) in [6.45, 7) is 6.50. The Morgan fingerprint density at radius 1 is 1.36 bits per heavy atom. The lowest BCUT2D eigenvalue weighted by Crippen LogP contribution is -1.94. The quantitative estimate of drug-likeness (QED) is 0.724. The Labute approximate surface area is 83.9 Å². The fraction of sp³-hybridized carbons (Fsp3) is 0.417. The van der Waals surface area contributed by atoms with Crippen molar-refractivity contribution >= 4 is 10.9 Å². The molecule has 0 unspecified atom stereocenters. The molecule has 0 aliphatic carbocycles. The Hall–Kier alpha value is -1.31. The van der Waals surface area contributed by atoms with Crippen molar-refractivity contribution in [1.29, 1.82) is 0 Å². The van der Waals surface area contributed by atoms with E-state index in [9.17, 15) is 0 Å². The van der Waals surface area contributed by atoms with Gasteiger partial charge in [-0.15, -0.1) is 0 Å². The maximum absolute atomic E-state index is 5.02. The van der Waals surface area contributed by atoms with Crippen LogP contribution in [0.3, 0.4) is 0 Å². The van der Waals surface area contributed by atoms with Crippen molar-refractivity contribution in [3.63, 3.8) is 0 Å². The molecule has 0 aliphatic rings. The second kappa shape index (κ2) is 3.45. The molecular formula is C12H15NO. The van der Waals surface area contributed by atoms with Crippen LogP contribution in [0.2, 0.25) is 0 Å². The maximum Gasteiger partial charge on any atom is 0.131 e. The molecule has 0 spiro atoms. The lowest BCUT2D eigenvalue weighted by molar-refractivity contribution is 0.428. The minimum absolute atomic E-state index is 0.663. The highest BCUT2D eigenvalue weighted by Gasteiger charge is 2.08. The van der Waals surface area contributed by atoms with Crippen molar-refractivity contribution in [2.45, 2.75) is 27.2 Å². The van der Waals surface area contributed by atoms with Gasteiger partial charge in [0.1, 0.15) is 11.8 Å². The molecule has 0 atom stereocenters. The van der Waals surface area contributed by atoms with Crippen LogP contribution in [0.1, 0.15) is 25.0 Å². The molecule has 0 radical (unpaired) electrons. The van der Waals surface area contributed by atoms with Crippen LogP contribution in [0, 0.1) is 12.8 Å². The molecule has 2 aromatic rings. The van der Waals surface area contributed by atoms with Gasteiger partial charge in [-0.1, -0.05) is 31.1 Å². The van der Waals surface area contributed by atoms with Gasteiger partial charge in [-0.05, 0) is 30.4 Å². The topological polar surface area (TPSA) is 26.0 Å². The molecule has 0 saturated heterocycles.